The Morgan fingerprint density at radius 2 is 1.70 bits per heavy atom. The Balaban J connectivity index is 1.99. The van der Waals surface area contributed by atoms with Gasteiger partial charge < -0.3 is 14.4 Å². The van der Waals surface area contributed by atoms with Crippen LogP contribution >= 0.6 is 0 Å². The lowest BCUT2D eigenvalue weighted by atomic mass is 9.95. The summed E-state index contributed by atoms with van der Waals surface area (Å²) < 4.78 is 10.9. The van der Waals surface area contributed by atoms with E-state index >= 15 is 0 Å². The van der Waals surface area contributed by atoms with Crippen molar-refractivity contribution < 1.29 is 9.47 Å². The minimum atomic E-state index is 0.162. The van der Waals surface area contributed by atoms with Crippen molar-refractivity contribution in [3.05, 3.63) is 71.4 Å². The van der Waals surface area contributed by atoms with Crippen LogP contribution in [0.4, 0.5) is 0 Å². The maximum absolute atomic E-state index is 5.46. The first kappa shape index (κ1) is 15.2. The van der Waals surface area contributed by atoms with Gasteiger partial charge in [0.1, 0.15) is 0 Å². The molecule has 0 aliphatic carbocycles. The fourth-order valence-corrected chi connectivity index (χ4v) is 2.83. The van der Waals surface area contributed by atoms with Crippen LogP contribution in [0.25, 0.3) is 12.2 Å². The number of fused-ring (bicyclic) bond motifs is 1. The summed E-state index contributed by atoms with van der Waals surface area (Å²) >= 11 is 0. The van der Waals surface area contributed by atoms with E-state index in [-0.39, 0.29) is 6.04 Å². The number of rotatable bonds is 4. The largest absolute Gasteiger partial charge is 0.493 e. The van der Waals surface area contributed by atoms with E-state index < -0.39 is 0 Å². The van der Waals surface area contributed by atoms with Crippen molar-refractivity contribution in [3.63, 3.8) is 0 Å². The normalized spacial score (nSPS) is 16.5. The highest BCUT2D eigenvalue weighted by molar-refractivity contribution is 5.64. The summed E-state index contributed by atoms with van der Waals surface area (Å²) in [6.07, 6.45) is 8.56. The van der Waals surface area contributed by atoms with Crippen LogP contribution in [0.2, 0.25) is 0 Å². The Labute approximate surface area is 137 Å². The van der Waals surface area contributed by atoms with Crippen LogP contribution in [0.15, 0.2) is 54.7 Å². The van der Waals surface area contributed by atoms with E-state index in [2.05, 4.69) is 54.6 Å². The zero-order chi connectivity index (χ0) is 16.2. The molecule has 2 aromatic carbocycles. The number of hydrogen-bond acceptors (Lipinski definition) is 3. The summed E-state index contributed by atoms with van der Waals surface area (Å²) in [5, 5.41) is 0. The molecule has 0 N–H and O–H groups in total. The van der Waals surface area contributed by atoms with E-state index in [9.17, 15) is 0 Å². The lowest BCUT2D eigenvalue weighted by Crippen LogP contribution is -2.21. The fraction of sp³-hybridized carbons (Fsp3) is 0.200. The number of benzene rings is 2. The molecule has 0 fully saturated rings. The minimum Gasteiger partial charge on any atom is -0.493 e. The maximum Gasteiger partial charge on any atom is 0.161 e. The summed E-state index contributed by atoms with van der Waals surface area (Å²) in [6, 6.07) is 14.6. The third-order valence-electron chi connectivity index (χ3n) is 4.11. The minimum absolute atomic E-state index is 0.162. The van der Waals surface area contributed by atoms with Gasteiger partial charge in [0.2, 0.25) is 0 Å². The van der Waals surface area contributed by atoms with E-state index in [1.165, 1.54) is 11.1 Å². The summed E-state index contributed by atoms with van der Waals surface area (Å²) in [4.78, 5) is 2.19. The van der Waals surface area contributed by atoms with E-state index in [1.54, 1.807) is 14.2 Å². The number of methoxy groups -OCH3 is 2. The summed E-state index contributed by atoms with van der Waals surface area (Å²) in [5.74, 6) is 1.51. The first-order valence-electron chi connectivity index (χ1n) is 7.62. The van der Waals surface area contributed by atoms with Crippen molar-refractivity contribution in [2.24, 2.45) is 0 Å². The van der Waals surface area contributed by atoms with Crippen LogP contribution in [0.1, 0.15) is 22.7 Å². The predicted molar refractivity (Wildman–Crippen MR) is 94.6 cm³/mol. The van der Waals surface area contributed by atoms with Crippen LogP contribution < -0.4 is 9.47 Å². The molecule has 0 aromatic heterocycles. The van der Waals surface area contributed by atoms with Gasteiger partial charge in [0.25, 0.3) is 0 Å². The summed E-state index contributed by atoms with van der Waals surface area (Å²) in [6.45, 7) is 0. The van der Waals surface area contributed by atoms with E-state index in [1.807, 2.05) is 24.3 Å². The molecule has 118 valence electrons. The number of likely N-dealkylation sites (N-methyl/N-ethyl adjacent to an activating group) is 1. The van der Waals surface area contributed by atoms with Gasteiger partial charge in [-0.1, -0.05) is 42.5 Å². The number of hydrogen-bond donors (Lipinski definition) is 0. The molecule has 3 rings (SSSR count). The first-order valence-corrected chi connectivity index (χ1v) is 7.62. The molecule has 0 spiro atoms. The molecule has 3 nitrogen and oxygen atoms in total. The second-order valence-corrected chi connectivity index (χ2v) is 5.53. The van der Waals surface area contributed by atoms with Gasteiger partial charge in [0.05, 0.1) is 20.3 Å². The summed E-state index contributed by atoms with van der Waals surface area (Å²) in [7, 11) is 5.41. The van der Waals surface area contributed by atoms with Crippen molar-refractivity contribution in [1.82, 2.24) is 4.90 Å². The topological polar surface area (TPSA) is 21.7 Å². The molecule has 1 aliphatic rings. The van der Waals surface area contributed by atoms with E-state index in [4.69, 9.17) is 9.47 Å². The molecule has 23 heavy (non-hydrogen) atoms. The van der Waals surface area contributed by atoms with Gasteiger partial charge in [-0.2, -0.15) is 0 Å². The van der Waals surface area contributed by atoms with Gasteiger partial charge in [0.15, 0.2) is 11.5 Å². The Morgan fingerprint density at radius 3 is 2.39 bits per heavy atom. The fourth-order valence-electron chi connectivity index (χ4n) is 2.83. The lowest BCUT2D eigenvalue weighted by Gasteiger charge is -2.30. The molecule has 0 saturated carbocycles. The van der Waals surface area contributed by atoms with Gasteiger partial charge >= 0.3 is 0 Å². The van der Waals surface area contributed by atoms with Gasteiger partial charge in [-0.25, -0.2) is 0 Å². The average molecular weight is 307 g/mol. The molecule has 1 atom stereocenters. The molecule has 3 heteroatoms. The molecular formula is C20H21NO2. The Hall–Kier alpha value is -2.68. The molecule has 1 heterocycles. The predicted octanol–water partition coefficient (Wildman–Crippen LogP) is 4.37. The molecule has 1 unspecified atom stereocenters. The smallest absolute Gasteiger partial charge is 0.161 e. The van der Waals surface area contributed by atoms with E-state index in [0.717, 1.165) is 17.1 Å². The van der Waals surface area contributed by atoms with Crippen LogP contribution in [0.3, 0.4) is 0 Å². The third-order valence-corrected chi connectivity index (χ3v) is 4.11. The number of ether oxygens (including phenoxy) is 2. The van der Waals surface area contributed by atoms with Crippen LogP contribution in [-0.2, 0) is 0 Å². The highest BCUT2D eigenvalue weighted by Gasteiger charge is 2.21. The van der Waals surface area contributed by atoms with Gasteiger partial charge in [-0.15, -0.1) is 0 Å². The van der Waals surface area contributed by atoms with Gasteiger partial charge in [0, 0.05) is 13.2 Å². The van der Waals surface area contributed by atoms with E-state index in [0.29, 0.717) is 0 Å². The van der Waals surface area contributed by atoms with Gasteiger partial charge in [-0.05, 0) is 34.9 Å². The zero-order valence-electron chi connectivity index (χ0n) is 13.7. The Bertz CT molecular complexity index is 735. The van der Waals surface area contributed by atoms with Crippen molar-refractivity contribution >= 4 is 12.2 Å². The second kappa shape index (κ2) is 6.61. The Morgan fingerprint density at radius 1 is 1.00 bits per heavy atom. The second-order valence-electron chi connectivity index (χ2n) is 5.53. The maximum atomic E-state index is 5.46. The van der Waals surface area contributed by atoms with Crippen LogP contribution in [-0.4, -0.2) is 26.2 Å². The van der Waals surface area contributed by atoms with Crippen LogP contribution in [0.5, 0.6) is 11.5 Å². The van der Waals surface area contributed by atoms with Gasteiger partial charge in [-0.3, -0.25) is 0 Å². The molecule has 0 bridgehead atoms. The quantitative estimate of drug-likeness (QED) is 0.837. The highest BCUT2D eigenvalue weighted by atomic mass is 16.5. The molecule has 2 aromatic rings. The molecule has 0 amide bonds. The van der Waals surface area contributed by atoms with Crippen LogP contribution in [0, 0.1) is 0 Å². The third kappa shape index (κ3) is 3.09. The highest BCUT2D eigenvalue weighted by Crippen LogP contribution is 2.38. The molecule has 1 aliphatic heterocycles. The standard InChI is InChI=1S/C20H21NO2/c1-21-12-11-16-13-19(22-2)20(23-3)14-17(16)18(21)10-9-15-7-5-4-6-8-15/h4-14,18H,1-3H3/b10-9+. The first-order chi connectivity index (χ1) is 11.2. The van der Waals surface area contributed by atoms with Crippen molar-refractivity contribution in [1.29, 1.82) is 0 Å². The molecular weight excluding hydrogens is 286 g/mol. The summed E-state index contributed by atoms with van der Waals surface area (Å²) in [5.41, 5.74) is 3.56. The average Bonchev–Trinajstić information content (AvgIpc) is 2.60. The van der Waals surface area contributed by atoms with Crippen molar-refractivity contribution in [3.8, 4) is 11.5 Å². The van der Waals surface area contributed by atoms with Crippen molar-refractivity contribution in [2.45, 2.75) is 6.04 Å². The monoisotopic (exact) mass is 307 g/mol. The lowest BCUT2D eigenvalue weighted by molar-refractivity contribution is 0.350. The molecule has 0 saturated heterocycles. The molecule has 0 radical (unpaired) electrons. The zero-order valence-corrected chi connectivity index (χ0v) is 13.7. The van der Waals surface area contributed by atoms with Crippen molar-refractivity contribution in [2.75, 3.05) is 21.3 Å². The SMILES string of the molecule is COc1cc2c(cc1OC)C(/C=C/c1ccccc1)N(C)C=C2. The number of nitrogens with zero attached hydrogens (tertiary/aromatic N) is 1. The Kier molecular flexibility index (Phi) is 4.38.